The molecular formula is C22H26O3. The first kappa shape index (κ1) is 17.7. The van der Waals surface area contributed by atoms with Crippen LogP contribution in [0.1, 0.15) is 52.0 Å². The van der Waals surface area contributed by atoms with Crippen LogP contribution in [0.25, 0.3) is 5.57 Å². The van der Waals surface area contributed by atoms with E-state index in [9.17, 15) is 9.59 Å². The average Bonchev–Trinajstić information content (AvgIpc) is 2.63. The molecule has 3 heteroatoms. The van der Waals surface area contributed by atoms with Gasteiger partial charge < -0.3 is 4.74 Å². The number of ether oxygens (including phenoxy) is 1. The Balaban J connectivity index is 2.23. The van der Waals surface area contributed by atoms with E-state index in [0.29, 0.717) is 12.8 Å². The largest absolute Gasteiger partial charge is 0.468 e. The first-order chi connectivity index (χ1) is 12.0. The standard InChI is InChI=1S/C22H26O3/c1-5-16(15-9-7-6-8-10-15)18-13-22(21(24)25-4)12-11-17(18)19(14(2)3)20(22)23/h6-10,17H,5,11-13H2,1-4H3/b18-16-/t17-,22-/m1/s1. The van der Waals surface area contributed by atoms with E-state index in [1.807, 2.05) is 32.0 Å². The summed E-state index contributed by atoms with van der Waals surface area (Å²) in [5.41, 5.74) is 4.53. The molecule has 0 saturated heterocycles. The fourth-order valence-electron chi connectivity index (χ4n) is 4.64. The first-order valence-electron chi connectivity index (χ1n) is 9.04. The Labute approximate surface area is 149 Å². The summed E-state index contributed by atoms with van der Waals surface area (Å²) < 4.78 is 5.07. The number of esters is 1. The summed E-state index contributed by atoms with van der Waals surface area (Å²) in [6.45, 7) is 6.10. The zero-order chi connectivity index (χ0) is 18.2. The second-order valence-electron chi connectivity index (χ2n) is 7.31. The van der Waals surface area contributed by atoms with Gasteiger partial charge in [0.25, 0.3) is 0 Å². The number of carbonyl (C=O) groups excluding carboxylic acids is 2. The maximum atomic E-state index is 13.2. The van der Waals surface area contributed by atoms with E-state index in [-0.39, 0.29) is 17.7 Å². The van der Waals surface area contributed by atoms with Gasteiger partial charge in [-0.1, -0.05) is 48.4 Å². The van der Waals surface area contributed by atoms with Crippen LogP contribution < -0.4 is 0 Å². The molecule has 0 unspecified atom stereocenters. The van der Waals surface area contributed by atoms with Crippen molar-refractivity contribution < 1.29 is 14.3 Å². The highest BCUT2D eigenvalue weighted by atomic mass is 16.5. The van der Waals surface area contributed by atoms with Crippen molar-refractivity contribution in [1.29, 1.82) is 0 Å². The van der Waals surface area contributed by atoms with Gasteiger partial charge in [-0.25, -0.2) is 0 Å². The number of rotatable bonds is 3. The molecule has 1 aromatic rings. The van der Waals surface area contributed by atoms with E-state index in [1.165, 1.54) is 23.8 Å². The number of ketones is 1. The molecule has 0 heterocycles. The van der Waals surface area contributed by atoms with Crippen molar-refractivity contribution in [3.63, 3.8) is 0 Å². The minimum Gasteiger partial charge on any atom is -0.468 e. The Bertz CT molecular complexity index is 766. The van der Waals surface area contributed by atoms with E-state index < -0.39 is 5.41 Å². The molecule has 2 bridgehead atoms. The van der Waals surface area contributed by atoms with Gasteiger partial charge in [-0.15, -0.1) is 0 Å². The van der Waals surface area contributed by atoms with Crippen LogP contribution in [-0.2, 0) is 14.3 Å². The van der Waals surface area contributed by atoms with Crippen LogP contribution in [-0.4, -0.2) is 18.9 Å². The Morgan fingerprint density at radius 3 is 2.48 bits per heavy atom. The normalized spacial score (nSPS) is 27.3. The minimum atomic E-state index is -1.03. The Morgan fingerprint density at radius 1 is 1.24 bits per heavy atom. The van der Waals surface area contributed by atoms with Crippen LogP contribution in [0.15, 0.2) is 47.1 Å². The molecule has 0 spiro atoms. The van der Waals surface area contributed by atoms with Crippen LogP contribution in [0, 0.1) is 11.3 Å². The second-order valence-corrected chi connectivity index (χ2v) is 7.31. The van der Waals surface area contributed by atoms with Gasteiger partial charge in [0.2, 0.25) is 0 Å². The zero-order valence-corrected chi connectivity index (χ0v) is 15.5. The van der Waals surface area contributed by atoms with Gasteiger partial charge in [-0.3, -0.25) is 9.59 Å². The van der Waals surface area contributed by atoms with Crippen molar-refractivity contribution in [2.45, 2.75) is 46.5 Å². The molecule has 0 aliphatic heterocycles. The van der Waals surface area contributed by atoms with Gasteiger partial charge in [-0.2, -0.15) is 0 Å². The highest BCUT2D eigenvalue weighted by Gasteiger charge is 2.58. The molecular weight excluding hydrogens is 312 g/mol. The van der Waals surface area contributed by atoms with E-state index in [0.717, 1.165) is 24.0 Å². The van der Waals surface area contributed by atoms with Gasteiger partial charge in [0.1, 0.15) is 5.41 Å². The highest BCUT2D eigenvalue weighted by Crippen LogP contribution is 2.56. The summed E-state index contributed by atoms with van der Waals surface area (Å²) in [5.74, 6) is -0.252. The van der Waals surface area contributed by atoms with Gasteiger partial charge >= 0.3 is 5.97 Å². The molecule has 3 fully saturated rings. The molecule has 0 N–H and O–H groups in total. The third kappa shape index (κ3) is 2.66. The Hall–Kier alpha value is -2.16. The summed E-state index contributed by atoms with van der Waals surface area (Å²) in [7, 11) is 1.38. The number of Topliss-reactive ketones (excluding diaryl/α,β-unsaturated/α-hetero) is 1. The van der Waals surface area contributed by atoms with Crippen molar-refractivity contribution >= 4 is 17.3 Å². The number of benzene rings is 1. The molecule has 3 nitrogen and oxygen atoms in total. The lowest BCUT2D eigenvalue weighted by Gasteiger charge is -2.47. The third-order valence-corrected chi connectivity index (χ3v) is 5.78. The predicted octanol–water partition coefficient (Wildman–Crippen LogP) is 4.73. The summed E-state index contributed by atoms with van der Waals surface area (Å²) in [6, 6.07) is 10.3. The smallest absolute Gasteiger partial charge is 0.320 e. The van der Waals surface area contributed by atoms with Crippen molar-refractivity contribution in [1.82, 2.24) is 0 Å². The maximum absolute atomic E-state index is 13.2. The molecule has 1 aromatic carbocycles. The molecule has 4 rings (SSSR count). The van der Waals surface area contributed by atoms with Crippen LogP contribution >= 0.6 is 0 Å². The summed E-state index contributed by atoms with van der Waals surface area (Å²) in [4.78, 5) is 25.8. The molecule has 2 atom stereocenters. The molecule has 0 radical (unpaired) electrons. The lowest BCUT2D eigenvalue weighted by Crippen LogP contribution is -2.51. The summed E-state index contributed by atoms with van der Waals surface area (Å²) in [6.07, 6.45) is 2.82. The van der Waals surface area contributed by atoms with Crippen LogP contribution in [0.4, 0.5) is 0 Å². The topological polar surface area (TPSA) is 43.4 Å². The van der Waals surface area contributed by atoms with Crippen LogP contribution in [0.5, 0.6) is 0 Å². The molecule has 3 aliphatic carbocycles. The molecule has 3 aliphatic rings. The van der Waals surface area contributed by atoms with E-state index >= 15 is 0 Å². The quantitative estimate of drug-likeness (QED) is 0.455. The number of allylic oxidation sites excluding steroid dienone is 4. The first-order valence-corrected chi connectivity index (χ1v) is 9.04. The monoisotopic (exact) mass is 338 g/mol. The molecule has 25 heavy (non-hydrogen) atoms. The van der Waals surface area contributed by atoms with Crippen molar-refractivity contribution in [2.75, 3.05) is 7.11 Å². The van der Waals surface area contributed by atoms with Crippen molar-refractivity contribution in [3.05, 3.63) is 52.6 Å². The van der Waals surface area contributed by atoms with Crippen LogP contribution in [0.2, 0.25) is 0 Å². The predicted molar refractivity (Wildman–Crippen MR) is 98.8 cm³/mol. The molecule has 0 aromatic heterocycles. The number of methoxy groups -OCH3 is 1. The maximum Gasteiger partial charge on any atom is 0.320 e. The SMILES string of the molecule is CC/C(=C1\C[C@]2(C(=O)OC)CC[C@H]1C(=C(C)C)C2=O)c1ccccc1. The third-order valence-electron chi connectivity index (χ3n) is 5.78. The molecule has 132 valence electrons. The lowest BCUT2D eigenvalue weighted by molar-refractivity contribution is -0.160. The number of carbonyl (C=O) groups is 2. The number of hydrogen-bond donors (Lipinski definition) is 0. The fraction of sp³-hybridized carbons (Fsp3) is 0.455. The van der Waals surface area contributed by atoms with E-state index in [4.69, 9.17) is 4.74 Å². The number of hydrogen-bond acceptors (Lipinski definition) is 3. The molecule has 3 saturated carbocycles. The number of fused-ring (bicyclic) bond motifs is 3. The minimum absolute atomic E-state index is 0.0112. The van der Waals surface area contributed by atoms with Crippen molar-refractivity contribution in [3.8, 4) is 0 Å². The Kier molecular flexibility index (Phi) is 4.68. The van der Waals surface area contributed by atoms with Gasteiger partial charge in [0.15, 0.2) is 5.78 Å². The fourth-order valence-corrected chi connectivity index (χ4v) is 4.64. The van der Waals surface area contributed by atoms with Gasteiger partial charge in [-0.05, 0) is 50.7 Å². The zero-order valence-electron chi connectivity index (χ0n) is 15.5. The highest BCUT2D eigenvalue weighted by molar-refractivity contribution is 6.15. The van der Waals surface area contributed by atoms with E-state index in [2.05, 4.69) is 19.1 Å². The van der Waals surface area contributed by atoms with Crippen molar-refractivity contribution in [2.24, 2.45) is 11.3 Å². The lowest BCUT2D eigenvalue weighted by atomic mass is 9.54. The molecule has 0 amide bonds. The second kappa shape index (κ2) is 6.62. The average molecular weight is 338 g/mol. The van der Waals surface area contributed by atoms with Gasteiger partial charge in [0, 0.05) is 11.5 Å². The summed E-state index contributed by atoms with van der Waals surface area (Å²) in [5, 5.41) is 0. The van der Waals surface area contributed by atoms with E-state index in [1.54, 1.807) is 0 Å². The Morgan fingerprint density at radius 2 is 1.92 bits per heavy atom. The summed E-state index contributed by atoms with van der Waals surface area (Å²) >= 11 is 0. The van der Waals surface area contributed by atoms with Crippen LogP contribution in [0.3, 0.4) is 0 Å². The van der Waals surface area contributed by atoms with Gasteiger partial charge in [0.05, 0.1) is 7.11 Å².